The molecular formula is C19H29N3O4. The molecule has 0 aliphatic heterocycles. The molecule has 0 atom stereocenters. The number of ether oxygens (including phenoxy) is 2. The molecule has 1 aromatic rings. The van der Waals surface area contributed by atoms with Gasteiger partial charge in [-0.1, -0.05) is 25.3 Å². The molecule has 26 heavy (non-hydrogen) atoms. The van der Waals surface area contributed by atoms with E-state index >= 15 is 0 Å². The van der Waals surface area contributed by atoms with Crippen molar-refractivity contribution >= 4 is 11.9 Å². The summed E-state index contributed by atoms with van der Waals surface area (Å²) in [5, 5.41) is 5.29. The summed E-state index contributed by atoms with van der Waals surface area (Å²) in [6.45, 7) is 0.637. The van der Waals surface area contributed by atoms with Gasteiger partial charge < -0.3 is 14.8 Å². The summed E-state index contributed by atoms with van der Waals surface area (Å²) in [5.41, 5.74) is 0.940. The van der Waals surface area contributed by atoms with E-state index < -0.39 is 6.03 Å². The van der Waals surface area contributed by atoms with Crippen LogP contribution in [0.1, 0.15) is 37.7 Å². The standard InChI is InChI=1S/C19H29N3O4/c1-22(12-14-9-10-16(25-2)11-17(14)26-3)13-18(23)21-19(24)20-15-7-5-4-6-8-15/h9-11,15H,4-8,12-13H2,1-3H3,(H2,20,21,23,24). The van der Waals surface area contributed by atoms with E-state index in [9.17, 15) is 9.59 Å². The first-order valence-electron chi connectivity index (χ1n) is 9.01. The van der Waals surface area contributed by atoms with E-state index in [4.69, 9.17) is 9.47 Å². The molecule has 0 saturated heterocycles. The van der Waals surface area contributed by atoms with Crippen LogP contribution in [-0.2, 0) is 11.3 Å². The van der Waals surface area contributed by atoms with E-state index in [0.29, 0.717) is 18.0 Å². The topological polar surface area (TPSA) is 79.9 Å². The fraction of sp³-hybridized carbons (Fsp3) is 0.579. The zero-order chi connectivity index (χ0) is 18.9. The molecule has 0 spiro atoms. The average molecular weight is 363 g/mol. The van der Waals surface area contributed by atoms with Crippen LogP contribution in [0.25, 0.3) is 0 Å². The third kappa shape index (κ3) is 6.22. The molecule has 0 heterocycles. The van der Waals surface area contributed by atoms with Gasteiger partial charge >= 0.3 is 6.03 Å². The van der Waals surface area contributed by atoms with Gasteiger partial charge in [-0.05, 0) is 26.0 Å². The molecule has 0 bridgehead atoms. The molecular weight excluding hydrogens is 334 g/mol. The highest BCUT2D eigenvalue weighted by Gasteiger charge is 2.18. The van der Waals surface area contributed by atoms with E-state index in [0.717, 1.165) is 31.2 Å². The Balaban J connectivity index is 1.80. The Morgan fingerprint density at radius 2 is 1.88 bits per heavy atom. The van der Waals surface area contributed by atoms with Crippen LogP contribution in [0.4, 0.5) is 4.79 Å². The third-order valence-electron chi connectivity index (χ3n) is 4.54. The number of imide groups is 1. The highest BCUT2D eigenvalue weighted by Crippen LogP contribution is 2.25. The maximum Gasteiger partial charge on any atom is 0.321 e. The molecule has 1 saturated carbocycles. The molecule has 1 aliphatic carbocycles. The SMILES string of the molecule is COc1ccc(CN(C)CC(=O)NC(=O)NC2CCCCC2)c(OC)c1. The molecule has 1 fully saturated rings. The number of carbonyl (C=O) groups is 2. The normalized spacial score (nSPS) is 14.8. The van der Waals surface area contributed by atoms with E-state index in [2.05, 4.69) is 10.6 Å². The number of hydrogen-bond donors (Lipinski definition) is 2. The van der Waals surface area contributed by atoms with Crippen LogP contribution in [-0.4, -0.2) is 50.7 Å². The molecule has 2 N–H and O–H groups in total. The fourth-order valence-electron chi connectivity index (χ4n) is 3.21. The van der Waals surface area contributed by atoms with Gasteiger partial charge in [0.2, 0.25) is 5.91 Å². The summed E-state index contributed by atoms with van der Waals surface area (Å²) in [6.07, 6.45) is 5.45. The molecule has 7 heteroatoms. The lowest BCUT2D eigenvalue weighted by molar-refractivity contribution is -0.121. The van der Waals surface area contributed by atoms with Crippen molar-refractivity contribution in [1.82, 2.24) is 15.5 Å². The Hall–Kier alpha value is -2.28. The van der Waals surface area contributed by atoms with Crippen LogP contribution < -0.4 is 20.1 Å². The lowest BCUT2D eigenvalue weighted by Gasteiger charge is -2.23. The molecule has 0 unspecified atom stereocenters. The molecule has 0 aromatic heterocycles. The number of nitrogens with zero attached hydrogens (tertiary/aromatic N) is 1. The van der Waals surface area contributed by atoms with Crippen LogP contribution in [0.15, 0.2) is 18.2 Å². The molecule has 3 amide bonds. The van der Waals surface area contributed by atoms with Crippen molar-refractivity contribution in [2.75, 3.05) is 27.8 Å². The number of hydrogen-bond acceptors (Lipinski definition) is 5. The van der Waals surface area contributed by atoms with Crippen molar-refractivity contribution in [3.05, 3.63) is 23.8 Å². The van der Waals surface area contributed by atoms with Gasteiger partial charge in [-0.3, -0.25) is 15.0 Å². The van der Waals surface area contributed by atoms with Crippen LogP contribution in [0.5, 0.6) is 11.5 Å². The summed E-state index contributed by atoms with van der Waals surface area (Å²) in [4.78, 5) is 25.8. The van der Waals surface area contributed by atoms with Gasteiger partial charge in [-0.2, -0.15) is 0 Å². The van der Waals surface area contributed by atoms with Gasteiger partial charge in [-0.15, -0.1) is 0 Å². The zero-order valence-corrected chi connectivity index (χ0v) is 15.8. The van der Waals surface area contributed by atoms with Crippen LogP contribution in [0.2, 0.25) is 0 Å². The van der Waals surface area contributed by atoms with E-state index in [1.807, 2.05) is 24.1 Å². The molecule has 144 valence electrons. The van der Waals surface area contributed by atoms with Crippen molar-refractivity contribution in [1.29, 1.82) is 0 Å². The van der Waals surface area contributed by atoms with Crippen molar-refractivity contribution in [2.45, 2.75) is 44.7 Å². The van der Waals surface area contributed by atoms with Crippen molar-refractivity contribution in [3.63, 3.8) is 0 Å². The number of nitrogens with one attached hydrogen (secondary N) is 2. The Labute approximate surface area is 155 Å². The highest BCUT2D eigenvalue weighted by atomic mass is 16.5. The third-order valence-corrected chi connectivity index (χ3v) is 4.54. The maximum absolute atomic E-state index is 12.1. The minimum absolute atomic E-state index is 0.118. The molecule has 7 nitrogen and oxygen atoms in total. The Morgan fingerprint density at radius 3 is 2.54 bits per heavy atom. The van der Waals surface area contributed by atoms with E-state index in [-0.39, 0.29) is 18.5 Å². The van der Waals surface area contributed by atoms with Gasteiger partial charge in [0.05, 0.1) is 20.8 Å². The number of methoxy groups -OCH3 is 2. The molecule has 1 aromatic carbocycles. The average Bonchev–Trinajstić information content (AvgIpc) is 2.62. The Morgan fingerprint density at radius 1 is 1.15 bits per heavy atom. The monoisotopic (exact) mass is 363 g/mol. The first-order chi connectivity index (χ1) is 12.5. The second-order valence-corrected chi connectivity index (χ2v) is 6.71. The number of benzene rings is 1. The quantitative estimate of drug-likeness (QED) is 0.777. The number of rotatable bonds is 7. The second-order valence-electron chi connectivity index (χ2n) is 6.71. The summed E-state index contributed by atoms with van der Waals surface area (Å²) in [5.74, 6) is 1.09. The number of urea groups is 1. The predicted octanol–water partition coefficient (Wildman–Crippen LogP) is 2.29. The van der Waals surface area contributed by atoms with Gasteiger partial charge in [0, 0.05) is 24.2 Å². The zero-order valence-electron chi connectivity index (χ0n) is 15.8. The minimum atomic E-state index is -0.405. The van der Waals surface area contributed by atoms with E-state index in [1.165, 1.54) is 6.42 Å². The van der Waals surface area contributed by atoms with Crippen LogP contribution in [0.3, 0.4) is 0 Å². The first kappa shape index (κ1) is 20.0. The predicted molar refractivity (Wildman–Crippen MR) is 99.4 cm³/mol. The lowest BCUT2D eigenvalue weighted by Crippen LogP contribution is -2.47. The van der Waals surface area contributed by atoms with Crippen LogP contribution >= 0.6 is 0 Å². The largest absolute Gasteiger partial charge is 0.497 e. The van der Waals surface area contributed by atoms with Gasteiger partial charge in [-0.25, -0.2) is 4.79 Å². The number of carbonyl (C=O) groups excluding carboxylic acids is 2. The Bertz CT molecular complexity index is 615. The molecule has 1 aliphatic rings. The van der Waals surface area contributed by atoms with Crippen LogP contribution in [0, 0.1) is 0 Å². The van der Waals surface area contributed by atoms with Gasteiger partial charge in [0.1, 0.15) is 11.5 Å². The maximum atomic E-state index is 12.1. The van der Waals surface area contributed by atoms with E-state index in [1.54, 1.807) is 20.3 Å². The lowest BCUT2D eigenvalue weighted by atomic mass is 9.96. The smallest absolute Gasteiger partial charge is 0.321 e. The number of likely N-dealkylation sites (N-methyl/N-ethyl adjacent to an activating group) is 1. The van der Waals surface area contributed by atoms with Crippen molar-refractivity contribution < 1.29 is 19.1 Å². The molecule has 2 rings (SSSR count). The summed E-state index contributed by atoms with van der Waals surface area (Å²) in [6, 6.07) is 5.33. The molecule has 0 radical (unpaired) electrons. The first-order valence-corrected chi connectivity index (χ1v) is 9.01. The summed E-state index contributed by atoms with van der Waals surface area (Å²) >= 11 is 0. The van der Waals surface area contributed by atoms with Crippen molar-refractivity contribution in [3.8, 4) is 11.5 Å². The van der Waals surface area contributed by atoms with Crippen molar-refractivity contribution in [2.24, 2.45) is 0 Å². The minimum Gasteiger partial charge on any atom is -0.497 e. The fourth-order valence-corrected chi connectivity index (χ4v) is 3.21. The highest BCUT2D eigenvalue weighted by molar-refractivity contribution is 5.95. The summed E-state index contributed by atoms with van der Waals surface area (Å²) < 4.78 is 10.6. The summed E-state index contributed by atoms with van der Waals surface area (Å²) in [7, 11) is 5.02. The second kappa shape index (κ2) is 10.0. The van der Waals surface area contributed by atoms with Gasteiger partial charge in [0.25, 0.3) is 0 Å². The van der Waals surface area contributed by atoms with Gasteiger partial charge in [0.15, 0.2) is 0 Å². The number of amides is 3. The Kier molecular flexibility index (Phi) is 7.72.